The van der Waals surface area contributed by atoms with E-state index in [0.29, 0.717) is 5.69 Å². The monoisotopic (exact) mass is 409 g/mol. The Balaban J connectivity index is 1.42. The van der Waals surface area contributed by atoms with Crippen LogP contribution in [0.15, 0.2) is 72.9 Å². The quantitative estimate of drug-likeness (QED) is 0.305. The van der Waals surface area contributed by atoms with Crippen molar-refractivity contribution < 1.29 is 4.79 Å². The molecule has 3 aromatic carbocycles. The van der Waals surface area contributed by atoms with E-state index in [4.69, 9.17) is 0 Å². The lowest BCUT2D eigenvalue weighted by Crippen LogP contribution is -2.30. The number of benzene rings is 3. The number of nitrogens with zero attached hydrogens (tertiary/aromatic N) is 1. The maximum atomic E-state index is 12.3. The van der Waals surface area contributed by atoms with Gasteiger partial charge in [-0.3, -0.25) is 9.89 Å². The predicted molar refractivity (Wildman–Crippen MR) is 126 cm³/mol. The van der Waals surface area contributed by atoms with Crippen molar-refractivity contribution in [2.45, 2.75) is 19.9 Å². The Morgan fingerprint density at radius 2 is 1.71 bits per heavy atom. The van der Waals surface area contributed by atoms with Crippen LogP contribution in [0.25, 0.3) is 32.9 Å². The zero-order valence-corrected chi connectivity index (χ0v) is 17.4. The first-order valence-corrected chi connectivity index (χ1v) is 10.3. The topological polar surface area (TPSA) is 85.6 Å². The lowest BCUT2D eigenvalue weighted by Gasteiger charge is -2.09. The maximum absolute atomic E-state index is 12.3. The minimum absolute atomic E-state index is 0.0893. The number of aromatic amines is 2. The molecule has 5 rings (SSSR count). The second kappa shape index (κ2) is 7.65. The highest BCUT2D eigenvalue weighted by Gasteiger charge is 2.11. The summed E-state index contributed by atoms with van der Waals surface area (Å²) in [5.41, 5.74) is 6.72. The van der Waals surface area contributed by atoms with Crippen LogP contribution in [0.4, 0.5) is 11.4 Å². The zero-order chi connectivity index (χ0) is 21.4. The lowest BCUT2D eigenvalue weighted by molar-refractivity contribution is 0.0939. The summed E-state index contributed by atoms with van der Waals surface area (Å²) in [4.78, 5) is 15.5. The number of amides is 1. The molecule has 0 bridgehead atoms. The van der Waals surface area contributed by atoms with Crippen LogP contribution in [-0.2, 0) is 0 Å². The molecule has 0 aliphatic heterocycles. The van der Waals surface area contributed by atoms with Gasteiger partial charge >= 0.3 is 0 Å². The van der Waals surface area contributed by atoms with Crippen molar-refractivity contribution in [3.8, 4) is 11.1 Å². The highest BCUT2D eigenvalue weighted by molar-refractivity contribution is 5.99. The van der Waals surface area contributed by atoms with Gasteiger partial charge in [0.05, 0.1) is 11.7 Å². The summed E-state index contributed by atoms with van der Waals surface area (Å²) in [6.45, 7) is 3.90. The lowest BCUT2D eigenvalue weighted by atomic mass is 10.0. The van der Waals surface area contributed by atoms with E-state index in [1.54, 1.807) is 0 Å². The SMILES string of the molecule is CC(C)NC(=O)c1cc2ccc(-c3cccc(Nc4ccc5[nH]ncc5c4)c3)cc2[nH]1. The molecule has 0 fully saturated rings. The third kappa shape index (κ3) is 3.88. The first-order chi connectivity index (χ1) is 15.0. The molecule has 0 unspecified atom stereocenters. The third-order valence-corrected chi connectivity index (χ3v) is 5.21. The first-order valence-electron chi connectivity index (χ1n) is 10.3. The number of hydrogen-bond acceptors (Lipinski definition) is 3. The van der Waals surface area contributed by atoms with Gasteiger partial charge in [0.15, 0.2) is 0 Å². The number of anilines is 2. The molecule has 2 aromatic heterocycles. The fourth-order valence-electron chi connectivity index (χ4n) is 3.73. The molecule has 154 valence electrons. The Labute approximate surface area is 179 Å². The highest BCUT2D eigenvalue weighted by Crippen LogP contribution is 2.28. The van der Waals surface area contributed by atoms with Gasteiger partial charge in [-0.05, 0) is 67.4 Å². The minimum atomic E-state index is -0.0893. The fraction of sp³-hybridized carbons (Fsp3) is 0.120. The standard InChI is InChI=1S/C25H23N5O/c1-15(2)27-25(31)24-13-18-7-6-17(12-23(18)29-24)16-4-3-5-20(10-16)28-21-8-9-22-19(11-21)14-26-30-22/h3-15,28-29H,1-2H3,(H,26,30)(H,27,31). The second-order valence-corrected chi connectivity index (χ2v) is 7.99. The van der Waals surface area contributed by atoms with E-state index in [-0.39, 0.29) is 11.9 Å². The van der Waals surface area contributed by atoms with Crippen LogP contribution < -0.4 is 10.6 Å². The van der Waals surface area contributed by atoms with Crippen molar-refractivity contribution in [3.05, 3.63) is 78.6 Å². The normalized spacial score (nSPS) is 11.3. The number of carbonyl (C=O) groups excluding carboxylic acids is 1. The molecule has 0 saturated carbocycles. The molecule has 0 aliphatic rings. The van der Waals surface area contributed by atoms with Crippen molar-refractivity contribution >= 4 is 39.1 Å². The molecule has 0 spiro atoms. The van der Waals surface area contributed by atoms with E-state index in [1.807, 2.05) is 56.4 Å². The van der Waals surface area contributed by atoms with Crippen molar-refractivity contribution in [3.63, 3.8) is 0 Å². The van der Waals surface area contributed by atoms with Crippen LogP contribution in [0.5, 0.6) is 0 Å². The number of fused-ring (bicyclic) bond motifs is 2. The van der Waals surface area contributed by atoms with Gasteiger partial charge in [-0.1, -0.05) is 24.3 Å². The molecular weight excluding hydrogens is 386 g/mol. The van der Waals surface area contributed by atoms with Gasteiger partial charge in [-0.15, -0.1) is 0 Å². The summed E-state index contributed by atoms with van der Waals surface area (Å²) >= 11 is 0. The van der Waals surface area contributed by atoms with Crippen LogP contribution in [0.2, 0.25) is 0 Å². The van der Waals surface area contributed by atoms with E-state index >= 15 is 0 Å². The van der Waals surface area contributed by atoms with E-state index < -0.39 is 0 Å². The van der Waals surface area contributed by atoms with Crippen molar-refractivity contribution in [2.75, 3.05) is 5.32 Å². The van der Waals surface area contributed by atoms with Gasteiger partial charge in [-0.25, -0.2) is 0 Å². The number of carbonyl (C=O) groups is 1. The first kappa shape index (κ1) is 18.9. The highest BCUT2D eigenvalue weighted by atomic mass is 16.1. The molecule has 4 N–H and O–H groups in total. The van der Waals surface area contributed by atoms with Crippen LogP contribution in [-0.4, -0.2) is 27.1 Å². The summed E-state index contributed by atoms with van der Waals surface area (Å²) in [6, 6.07) is 22.6. The van der Waals surface area contributed by atoms with E-state index in [9.17, 15) is 4.79 Å². The number of hydrogen-bond donors (Lipinski definition) is 4. The zero-order valence-electron chi connectivity index (χ0n) is 17.4. The van der Waals surface area contributed by atoms with E-state index in [2.05, 4.69) is 56.1 Å². The van der Waals surface area contributed by atoms with Crippen molar-refractivity contribution in [2.24, 2.45) is 0 Å². The largest absolute Gasteiger partial charge is 0.355 e. The number of H-pyrrole nitrogens is 2. The summed E-state index contributed by atoms with van der Waals surface area (Å²) in [6.07, 6.45) is 1.82. The number of nitrogens with one attached hydrogen (secondary N) is 4. The molecule has 2 heterocycles. The number of rotatable bonds is 5. The van der Waals surface area contributed by atoms with Crippen LogP contribution in [0.1, 0.15) is 24.3 Å². The molecule has 5 aromatic rings. The van der Waals surface area contributed by atoms with Crippen molar-refractivity contribution in [1.82, 2.24) is 20.5 Å². The maximum Gasteiger partial charge on any atom is 0.267 e. The summed E-state index contributed by atoms with van der Waals surface area (Å²) < 4.78 is 0. The van der Waals surface area contributed by atoms with Gasteiger partial charge in [0.25, 0.3) is 5.91 Å². The Kier molecular flexibility index (Phi) is 4.67. The Morgan fingerprint density at radius 1 is 0.871 bits per heavy atom. The summed E-state index contributed by atoms with van der Waals surface area (Å²) in [5.74, 6) is -0.0893. The predicted octanol–water partition coefficient (Wildman–Crippen LogP) is 5.59. The average molecular weight is 409 g/mol. The Bertz CT molecular complexity index is 1400. The van der Waals surface area contributed by atoms with Crippen LogP contribution >= 0.6 is 0 Å². The van der Waals surface area contributed by atoms with Gasteiger partial charge in [-0.2, -0.15) is 5.10 Å². The van der Waals surface area contributed by atoms with Gasteiger partial charge in [0.2, 0.25) is 0 Å². The summed E-state index contributed by atoms with van der Waals surface area (Å²) in [5, 5.41) is 15.5. The van der Waals surface area contributed by atoms with Gasteiger partial charge < -0.3 is 15.6 Å². The minimum Gasteiger partial charge on any atom is -0.355 e. The van der Waals surface area contributed by atoms with E-state index in [0.717, 1.165) is 44.3 Å². The van der Waals surface area contributed by atoms with Crippen LogP contribution in [0, 0.1) is 0 Å². The number of aromatic nitrogens is 3. The fourth-order valence-corrected chi connectivity index (χ4v) is 3.73. The molecule has 6 heteroatoms. The molecule has 31 heavy (non-hydrogen) atoms. The summed E-state index contributed by atoms with van der Waals surface area (Å²) in [7, 11) is 0. The average Bonchev–Trinajstić information content (AvgIpc) is 3.39. The van der Waals surface area contributed by atoms with Gasteiger partial charge in [0, 0.05) is 33.7 Å². The molecule has 0 atom stereocenters. The third-order valence-electron chi connectivity index (χ3n) is 5.21. The molecule has 0 saturated heterocycles. The smallest absolute Gasteiger partial charge is 0.267 e. The molecular formula is C25H23N5O. The molecule has 0 radical (unpaired) electrons. The molecule has 0 aliphatic carbocycles. The molecule has 6 nitrogen and oxygen atoms in total. The molecule has 1 amide bonds. The Morgan fingerprint density at radius 3 is 2.58 bits per heavy atom. The second-order valence-electron chi connectivity index (χ2n) is 7.99. The van der Waals surface area contributed by atoms with Gasteiger partial charge in [0.1, 0.15) is 5.69 Å². The Hall–Kier alpha value is -4.06. The van der Waals surface area contributed by atoms with Crippen LogP contribution in [0.3, 0.4) is 0 Å². The van der Waals surface area contributed by atoms with E-state index in [1.165, 1.54) is 0 Å². The van der Waals surface area contributed by atoms with Crippen molar-refractivity contribution in [1.29, 1.82) is 0 Å².